The molecule has 1 unspecified atom stereocenters. The summed E-state index contributed by atoms with van der Waals surface area (Å²) in [7, 11) is 1.37. The van der Waals surface area contributed by atoms with Crippen molar-refractivity contribution in [2.24, 2.45) is 0 Å². The van der Waals surface area contributed by atoms with Gasteiger partial charge >= 0.3 is 5.97 Å². The summed E-state index contributed by atoms with van der Waals surface area (Å²) in [5, 5.41) is 3.90. The maximum atomic E-state index is 10.8. The van der Waals surface area contributed by atoms with Gasteiger partial charge in [-0.2, -0.15) is 5.10 Å². The minimum absolute atomic E-state index is 0.0000463. The molecule has 0 fully saturated rings. The number of rotatable bonds is 3. The first-order chi connectivity index (χ1) is 5.74. The molecule has 66 valence electrons. The zero-order chi connectivity index (χ0) is 8.97. The van der Waals surface area contributed by atoms with Crippen LogP contribution in [-0.4, -0.2) is 27.8 Å². The van der Waals surface area contributed by atoms with Crippen molar-refractivity contribution in [3.8, 4) is 0 Å². The van der Waals surface area contributed by atoms with Crippen LogP contribution in [0.3, 0.4) is 0 Å². The summed E-state index contributed by atoms with van der Waals surface area (Å²) in [5.74, 6) is -0.238. The van der Waals surface area contributed by atoms with E-state index in [4.69, 9.17) is 0 Å². The van der Waals surface area contributed by atoms with E-state index in [1.807, 2.05) is 6.92 Å². The summed E-state index contributed by atoms with van der Waals surface area (Å²) in [4.78, 5) is 14.6. The van der Waals surface area contributed by atoms with E-state index in [-0.39, 0.29) is 12.0 Å². The van der Waals surface area contributed by atoms with Crippen LogP contribution in [0.25, 0.3) is 0 Å². The van der Waals surface area contributed by atoms with Gasteiger partial charge in [-0.05, 0) is 6.92 Å². The fraction of sp³-hybridized carbons (Fsp3) is 0.571. The molecule has 5 nitrogen and oxygen atoms in total. The van der Waals surface area contributed by atoms with Crippen molar-refractivity contribution < 1.29 is 9.53 Å². The van der Waals surface area contributed by atoms with Gasteiger partial charge in [0.1, 0.15) is 12.7 Å². The van der Waals surface area contributed by atoms with Gasteiger partial charge in [-0.1, -0.05) is 0 Å². The fourth-order valence-corrected chi connectivity index (χ4v) is 0.863. The van der Waals surface area contributed by atoms with E-state index in [1.54, 1.807) is 11.0 Å². The summed E-state index contributed by atoms with van der Waals surface area (Å²) >= 11 is 0. The topological polar surface area (TPSA) is 57.0 Å². The molecule has 0 bridgehead atoms. The zero-order valence-electron chi connectivity index (χ0n) is 7.10. The maximum Gasteiger partial charge on any atom is 0.307 e. The maximum absolute atomic E-state index is 10.8. The first-order valence-corrected chi connectivity index (χ1v) is 3.65. The van der Waals surface area contributed by atoms with Crippen LogP contribution in [0.5, 0.6) is 0 Å². The summed E-state index contributed by atoms with van der Waals surface area (Å²) < 4.78 is 6.14. The van der Waals surface area contributed by atoms with Crippen molar-refractivity contribution in [3.05, 3.63) is 12.7 Å². The first-order valence-electron chi connectivity index (χ1n) is 3.65. The molecule has 0 aliphatic carbocycles. The minimum Gasteiger partial charge on any atom is -0.469 e. The van der Waals surface area contributed by atoms with Gasteiger partial charge in [-0.3, -0.25) is 4.79 Å². The molecule has 0 aliphatic rings. The lowest BCUT2D eigenvalue weighted by molar-refractivity contribution is -0.141. The molecule has 1 rings (SSSR count). The molecular weight excluding hydrogens is 158 g/mol. The number of ether oxygens (including phenoxy) is 1. The quantitative estimate of drug-likeness (QED) is 0.614. The number of hydrogen-bond acceptors (Lipinski definition) is 4. The number of esters is 1. The lowest BCUT2D eigenvalue weighted by Gasteiger charge is -2.08. The number of aromatic nitrogens is 3. The second-order valence-electron chi connectivity index (χ2n) is 2.50. The Bertz CT molecular complexity index is 245. The van der Waals surface area contributed by atoms with E-state index >= 15 is 0 Å². The second-order valence-corrected chi connectivity index (χ2v) is 2.50. The Morgan fingerprint density at radius 3 is 3.00 bits per heavy atom. The fourth-order valence-electron chi connectivity index (χ4n) is 0.863. The molecule has 0 spiro atoms. The number of hydrogen-bond donors (Lipinski definition) is 0. The van der Waals surface area contributed by atoms with Crippen molar-refractivity contribution in [1.29, 1.82) is 0 Å². The summed E-state index contributed by atoms with van der Waals surface area (Å²) in [6.07, 6.45) is 3.33. The van der Waals surface area contributed by atoms with E-state index in [9.17, 15) is 4.79 Å². The van der Waals surface area contributed by atoms with Crippen LogP contribution in [0.15, 0.2) is 12.7 Å². The average molecular weight is 169 g/mol. The van der Waals surface area contributed by atoms with Crippen molar-refractivity contribution in [3.63, 3.8) is 0 Å². The Kier molecular flexibility index (Phi) is 2.79. The largest absolute Gasteiger partial charge is 0.469 e. The van der Waals surface area contributed by atoms with Gasteiger partial charge in [-0.15, -0.1) is 0 Å². The molecule has 0 N–H and O–H groups in total. The molecule has 1 heterocycles. The van der Waals surface area contributed by atoms with Crippen molar-refractivity contribution in [2.45, 2.75) is 19.4 Å². The highest BCUT2D eigenvalue weighted by atomic mass is 16.5. The van der Waals surface area contributed by atoms with Crippen molar-refractivity contribution in [1.82, 2.24) is 14.8 Å². The van der Waals surface area contributed by atoms with Crippen LogP contribution >= 0.6 is 0 Å². The molecule has 5 heteroatoms. The third kappa shape index (κ3) is 2.05. The molecule has 1 aromatic heterocycles. The molecule has 0 aromatic carbocycles. The summed E-state index contributed by atoms with van der Waals surface area (Å²) in [6, 6.07) is -0.0000463. The third-order valence-electron chi connectivity index (χ3n) is 1.58. The number of methoxy groups -OCH3 is 1. The lowest BCUT2D eigenvalue weighted by Crippen LogP contribution is -2.12. The molecular formula is C7H11N3O2. The van der Waals surface area contributed by atoms with Crippen LogP contribution in [0.2, 0.25) is 0 Å². The normalized spacial score (nSPS) is 12.5. The lowest BCUT2D eigenvalue weighted by atomic mass is 10.2. The van der Waals surface area contributed by atoms with Crippen LogP contribution < -0.4 is 0 Å². The van der Waals surface area contributed by atoms with Gasteiger partial charge < -0.3 is 4.74 Å². The second kappa shape index (κ2) is 3.85. The average Bonchev–Trinajstić information content (AvgIpc) is 2.56. The van der Waals surface area contributed by atoms with Crippen LogP contribution in [-0.2, 0) is 9.53 Å². The molecule has 0 aliphatic heterocycles. The standard InChI is InChI=1S/C7H11N3O2/c1-6(3-7(11)12-2)10-5-8-4-9-10/h4-6H,3H2,1-2H3. The van der Waals surface area contributed by atoms with E-state index in [2.05, 4.69) is 14.8 Å². The highest BCUT2D eigenvalue weighted by Crippen LogP contribution is 2.07. The molecule has 12 heavy (non-hydrogen) atoms. The van der Waals surface area contributed by atoms with Gasteiger partial charge in [0.15, 0.2) is 0 Å². The predicted octanol–water partition coefficient (Wildman–Crippen LogP) is 0.402. The van der Waals surface area contributed by atoms with E-state index in [1.165, 1.54) is 13.4 Å². The van der Waals surface area contributed by atoms with E-state index in [0.717, 1.165) is 0 Å². The number of carbonyl (C=O) groups excluding carboxylic acids is 1. The molecule has 0 saturated heterocycles. The molecule has 1 atom stereocenters. The third-order valence-corrected chi connectivity index (χ3v) is 1.58. The Morgan fingerprint density at radius 1 is 1.75 bits per heavy atom. The van der Waals surface area contributed by atoms with Crippen molar-refractivity contribution in [2.75, 3.05) is 7.11 Å². The Labute approximate surface area is 70.4 Å². The van der Waals surface area contributed by atoms with Gasteiger partial charge in [0.2, 0.25) is 0 Å². The Hall–Kier alpha value is -1.39. The van der Waals surface area contributed by atoms with Gasteiger partial charge in [0.25, 0.3) is 0 Å². The highest BCUT2D eigenvalue weighted by Gasteiger charge is 2.10. The van der Waals surface area contributed by atoms with Gasteiger partial charge in [0.05, 0.1) is 19.6 Å². The van der Waals surface area contributed by atoms with E-state index < -0.39 is 0 Å². The smallest absolute Gasteiger partial charge is 0.307 e. The Balaban J connectivity index is 2.49. The van der Waals surface area contributed by atoms with E-state index in [0.29, 0.717) is 6.42 Å². The van der Waals surface area contributed by atoms with Crippen LogP contribution in [0, 0.1) is 0 Å². The molecule has 0 radical (unpaired) electrons. The number of carbonyl (C=O) groups is 1. The predicted molar refractivity (Wildman–Crippen MR) is 41.4 cm³/mol. The summed E-state index contributed by atoms with van der Waals surface area (Å²) in [5.41, 5.74) is 0. The summed E-state index contributed by atoms with van der Waals surface area (Å²) in [6.45, 7) is 1.88. The minimum atomic E-state index is -0.238. The number of nitrogens with zero attached hydrogens (tertiary/aromatic N) is 3. The molecule has 1 aromatic rings. The van der Waals surface area contributed by atoms with Crippen LogP contribution in [0.1, 0.15) is 19.4 Å². The van der Waals surface area contributed by atoms with Crippen molar-refractivity contribution >= 4 is 5.97 Å². The Morgan fingerprint density at radius 2 is 2.50 bits per heavy atom. The molecule has 0 amide bonds. The molecule has 0 saturated carbocycles. The SMILES string of the molecule is COC(=O)CC(C)n1cncn1. The first kappa shape index (κ1) is 8.70. The highest BCUT2D eigenvalue weighted by molar-refractivity contribution is 5.69. The van der Waals surface area contributed by atoms with Gasteiger partial charge in [-0.25, -0.2) is 9.67 Å². The monoisotopic (exact) mass is 169 g/mol. The van der Waals surface area contributed by atoms with Crippen LogP contribution in [0.4, 0.5) is 0 Å². The zero-order valence-corrected chi connectivity index (χ0v) is 7.10. The van der Waals surface area contributed by atoms with Gasteiger partial charge in [0, 0.05) is 0 Å².